The largest absolute Gasteiger partial charge is 0.394 e. The van der Waals surface area contributed by atoms with Crippen LogP contribution in [0.2, 0.25) is 0 Å². The number of nitrogens with two attached hydrogens (primary N) is 1. The first-order valence-corrected chi connectivity index (χ1v) is 6.11. The topological polar surface area (TPSA) is 65.1 Å². The molecule has 0 aliphatic carbocycles. The van der Waals surface area contributed by atoms with E-state index in [1.807, 2.05) is 11.7 Å². The molecule has 3 N–H and O–H groups in total. The molecule has 5 heteroatoms. The van der Waals surface area contributed by atoms with Crippen molar-refractivity contribution in [2.24, 2.45) is 7.05 Å². The van der Waals surface area contributed by atoms with Gasteiger partial charge in [-0.2, -0.15) is 5.10 Å². The van der Waals surface area contributed by atoms with E-state index in [0.717, 1.165) is 30.2 Å². The van der Waals surface area contributed by atoms with Gasteiger partial charge in [0.15, 0.2) is 0 Å². The molecule has 0 aromatic carbocycles. The van der Waals surface area contributed by atoms with Crippen molar-refractivity contribution in [1.82, 2.24) is 9.78 Å². The van der Waals surface area contributed by atoms with Gasteiger partial charge in [-0.3, -0.25) is 4.68 Å². The van der Waals surface area contributed by atoms with Gasteiger partial charge in [-0.15, -0.1) is 0 Å². The molecule has 1 unspecified atom stereocenters. The highest BCUT2D eigenvalue weighted by Crippen LogP contribution is 2.31. The average Bonchev–Trinajstić information content (AvgIpc) is 2.78. The molecule has 17 heavy (non-hydrogen) atoms. The van der Waals surface area contributed by atoms with Crippen LogP contribution in [0.1, 0.15) is 38.8 Å². The quantitative estimate of drug-likeness (QED) is 0.841. The van der Waals surface area contributed by atoms with Crippen molar-refractivity contribution < 1.29 is 4.74 Å². The summed E-state index contributed by atoms with van der Waals surface area (Å²) in [5.41, 5.74) is 7.84. The van der Waals surface area contributed by atoms with Crippen molar-refractivity contribution in [2.45, 2.75) is 38.6 Å². The van der Waals surface area contributed by atoms with Gasteiger partial charge in [0.05, 0.1) is 23.5 Å². The lowest BCUT2D eigenvalue weighted by Crippen LogP contribution is -2.36. The summed E-state index contributed by atoms with van der Waals surface area (Å²) in [5, 5.41) is 7.95. The van der Waals surface area contributed by atoms with E-state index in [-0.39, 0.29) is 5.54 Å². The normalized spacial score (nSPS) is 24.5. The minimum absolute atomic E-state index is 0.0316. The van der Waals surface area contributed by atoms with Crippen LogP contribution in [0, 0.1) is 0 Å². The third-order valence-electron chi connectivity index (χ3n) is 3.30. The zero-order valence-corrected chi connectivity index (χ0v) is 11.1. The van der Waals surface area contributed by atoms with Crippen LogP contribution in [0.3, 0.4) is 0 Å². The molecule has 1 atom stereocenters. The number of rotatable bonds is 3. The van der Waals surface area contributed by atoms with E-state index < -0.39 is 0 Å². The molecule has 1 saturated heterocycles. The number of nitrogens with one attached hydrogen (secondary N) is 1. The highest BCUT2D eigenvalue weighted by Gasteiger charge is 2.31. The predicted octanol–water partition coefficient (Wildman–Crippen LogP) is 1.72. The number of hydrogen-bond acceptors (Lipinski definition) is 4. The first-order valence-electron chi connectivity index (χ1n) is 6.11. The third-order valence-corrected chi connectivity index (χ3v) is 3.30. The van der Waals surface area contributed by atoms with E-state index in [0.29, 0.717) is 12.5 Å². The molecule has 1 aromatic heterocycles. The lowest BCUT2D eigenvalue weighted by atomic mass is 10.0. The lowest BCUT2D eigenvalue weighted by Gasteiger charge is -2.25. The fourth-order valence-electron chi connectivity index (χ4n) is 2.19. The number of anilines is 2. The second kappa shape index (κ2) is 4.22. The van der Waals surface area contributed by atoms with Gasteiger partial charge in [0.2, 0.25) is 0 Å². The van der Waals surface area contributed by atoms with Crippen molar-refractivity contribution >= 4 is 11.5 Å². The number of ether oxygens (including phenoxy) is 1. The minimum Gasteiger partial charge on any atom is -0.394 e. The number of aryl methyl sites for hydroxylation is 1. The molecule has 0 radical (unpaired) electrons. The van der Waals surface area contributed by atoms with Gasteiger partial charge < -0.3 is 15.8 Å². The summed E-state index contributed by atoms with van der Waals surface area (Å²) >= 11 is 0. The van der Waals surface area contributed by atoms with Gasteiger partial charge in [0.1, 0.15) is 5.82 Å². The summed E-state index contributed by atoms with van der Waals surface area (Å²) in [5.74, 6) is 1.24. The van der Waals surface area contributed by atoms with Crippen LogP contribution < -0.4 is 11.1 Å². The van der Waals surface area contributed by atoms with Gasteiger partial charge in [-0.25, -0.2) is 0 Å². The molecule has 1 aliphatic rings. The summed E-state index contributed by atoms with van der Waals surface area (Å²) in [7, 11) is 1.92. The Labute approximate surface area is 102 Å². The highest BCUT2D eigenvalue weighted by molar-refractivity contribution is 5.66. The van der Waals surface area contributed by atoms with Crippen molar-refractivity contribution in [3.8, 4) is 0 Å². The van der Waals surface area contributed by atoms with E-state index in [1.54, 1.807) is 0 Å². The van der Waals surface area contributed by atoms with Gasteiger partial charge >= 0.3 is 0 Å². The molecule has 1 fully saturated rings. The maximum absolute atomic E-state index is 6.16. The average molecular weight is 238 g/mol. The molecule has 5 nitrogen and oxygen atoms in total. The molecule has 2 rings (SSSR count). The Kier molecular flexibility index (Phi) is 3.03. The van der Waals surface area contributed by atoms with Gasteiger partial charge in [0.25, 0.3) is 0 Å². The molecule has 0 amide bonds. The summed E-state index contributed by atoms with van der Waals surface area (Å²) in [4.78, 5) is 0. The summed E-state index contributed by atoms with van der Waals surface area (Å²) in [6.07, 6.45) is 0.995. The Hall–Kier alpha value is -1.23. The summed E-state index contributed by atoms with van der Waals surface area (Å²) < 4.78 is 7.26. The van der Waals surface area contributed by atoms with Crippen molar-refractivity contribution in [3.05, 3.63) is 5.69 Å². The Morgan fingerprint density at radius 3 is 2.71 bits per heavy atom. The maximum Gasteiger partial charge on any atom is 0.148 e. The van der Waals surface area contributed by atoms with Gasteiger partial charge in [0, 0.05) is 13.7 Å². The van der Waals surface area contributed by atoms with E-state index in [2.05, 4.69) is 31.2 Å². The van der Waals surface area contributed by atoms with E-state index in [1.165, 1.54) is 0 Å². The molecular weight excluding hydrogens is 216 g/mol. The maximum atomic E-state index is 6.16. The van der Waals surface area contributed by atoms with Crippen molar-refractivity contribution in [2.75, 3.05) is 24.3 Å². The monoisotopic (exact) mass is 238 g/mol. The molecule has 96 valence electrons. The number of nitrogen functional groups attached to an aromatic ring is 1. The SMILES string of the molecule is CC(C)c1nn(C)c(NC2(C)CCOC2)c1N. The van der Waals surface area contributed by atoms with Crippen LogP contribution in [-0.4, -0.2) is 28.5 Å². The molecule has 0 bridgehead atoms. The smallest absolute Gasteiger partial charge is 0.148 e. The van der Waals surface area contributed by atoms with Crippen LogP contribution in [0.25, 0.3) is 0 Å². The van der Waals surface area contributed by atoms with Crippen molar-refractivity contribution in [3.63, 3.8) is 0 Å². The Morgan fingerprint density at radius 2 is 2.24 bits per heavy atom. The molecule has 0 spiro atoms. The molecule has 0 saturated carbocycles. The number of aromatic nitrogens is 2. The first kappa shape index (κ1) is 12.2. The second-order valence-electron chi connectivity index (χ2n) is 5.41. The standard InChI is InChI=1S/C12H22N4O/c1-8(2)10-9(13)11(16(4)15-10)14-12(3)5-6-17-7-12/h8,14H,5-7,13H2,1-4H3. The number of hydrogen-bond donors (Lipinski definition) is 2. The zero-order valence-electron chi connectivity index (χ0n) is 11.1. The van der Waals surface area contributed by atoms with Crippen molar-refractivity contribution in [1.29, 1.82) is 0 Å². The Bertz CT molecular complexity index is 405. The van der Waals surface area contributed by atoms with Crippen LogP contribution >= 0.6 is 0 Å². The highest BCUT2D eigenvalue weighted by atomic mass is 16.5. The zero-order chi connectivity index (χ0) is 12.6. The fraction of sp³-hybridized carbons (Fsp3) is 0.750. The van der Waals surface area contributed by atoms with Crippen LogP contribution in [0.4, 0.5) is 11.5 Å². The minimum atomic E-state index is -0.0316. The lowest BCUT2D eigenvalue weighted by molar-refractivity contribution is 0.185. The van der Waals surface area contributed by atoms with E-state index in [4.69, 9.17) is 10.5 Å². The van der Waals surface area contributed by atoms with Crippen LogP contribution in [-0.2, 0) is 11.8 Å². The fourth-order valence-corrected chi connectivity index (χ4v) is 2.19. The predicted molar refractivity (Wildman–Crippen MR) is 69.2 cm³/mol. The van der Waals surface area contributed by atoms with Gasteiger partial charge in [-0.1, -0.05) is 13.8 Å². The molecular formula is C12H22N4O. The van der Waals surface area contributed by atoms with E-state index in [9.17, 15) is 0 Å². The molecule has 1 aliphatic heterocycles. The van der Waals surface area contributed by atoms with E-state index >= 15 is 0 Å². The summed E-state index contributed by atoms with van der Waals surface area (Å²) in [6.45, 7) is 7.88. The molecule has 2 heterocycles. The van der Waals surface area contributed by atoms with Gasteiger partial charge in [-0.05, 0) is 19.3 Å². The van der Waals surface area contributed by atoms with Crippen LogP contribution in [0.15, 0.2) is 0 Å². The Balaban J connectivity index is 2.26. The molecule has 1 aromatic rings. The third kappa shape index (κ3) is 2.24. The number of nitrogens with zero attached hydrogens (tertiary/aromatic N) is 2. The first-order chi connectivity index (χ1) is 7.93. The van der Waals surface area contributed by atoms with Crippen LogP contribution in [0.5, 0.6) is 0 Å². The summed E-state index contributed by atoms with van der Waals surface area (Å²) in [6, 6.07) is 0. The second-order valence-corrected chi connectivity index (χ2v) is 5.41. The Morgan fingerprint density at radius 1 is 1.53 bits per heavy atom.